The van der Waals surface area contributed by atoms with Crippen molar-refractivity contribution in [1.82, 2.24) is 9.80 Å². The van der Waals surface area contributed by atoms with Gasteiger partial charge in [0.2, 0.25) is 0 Å². The van der Waals surface area contributed by atoms with Crippen LogP contribution in [-0.4, -0.2) is 54.7 Å². The molecule has 0 aromatic heterocycles. The van der Waals surface area contributed by atoms with Crippen LogP contribution in [-0.2, 0) is 0 Å². The average molecular weight is 268 g/mol. The number of rotatable bonds is 9. The van der Waals surface area contributed by atoms with Gasteiger partial charge in [-0.3, -0.25) is 0 Å². The monoisotopic (exact) mass is 268 g/mol. The molecule has 0 aliphatic carbocycles. The van der Waals surface area contributed by atoms with Gasteiger partial charge in [0.05, 0.1) is 5.76 Å². The standard InChI is InChI=1S/C16H32N2O/c1-4-8-16(15(2)19)9-6-5-7-10-18-13-11-17(3)12-14-18/h16,19H,2,4-14H2,1,3H3/t16-/m0/s1. The molecule has 3 nitrogen and oxygen atoms in total. The Morgan fingerprint density at radius 2 is 1.79 bits per heavy atom. The fourth-order valence-corrected chi connectivity index (χ4v) is 2.80. The highest BCUT2D eigenvalue weighted by Crippen LogP contribution is 2.20. The number of unbranched alkanes of at least 4 members (excludes halogenated alkanes) is 2. The van der Waals surface area contributed by atoms with Crippen molar-refractivity contribution in [3.8, 4) is 0 Å². The van der Waals surface area contributed by atoms with Crippen molar-refractivity contribution < 1.29 is 5.11 Å². The molecular weight excluding hydrogens is 236 g/mol. The molecule has 0 aromatic carbocycles. The summed E-state index contributed by atoms with van der Waals surface area (Å²) >= 11 is 0. The molecule has 112 valence electrons. The molecule has 0 saturated carbocycles. The lowest BCUT2D eigenvalue weighted by Crippen LogP contribution is -2.44. The summed E-state index contributed by atoms with van der Waals surface area (Å²) < 4.78 is 0. The van der Waals surface area contributed by atoms with Gasteiger partial charge in [0.1, 0.15) is 0 Å². The molecule has 0 bridgehead atoms. The minimum absolute atomic E-state index is 0.327. The number of likely N-dealkylation sites (N-methyl/N-ethyl adjacent to an activating group) is 1. The fraction of sp³-hybridized carbons (Fsp3) is 0.875. The molecule has 3 heteroatoms. The summed E-state index contributed by atoms with van der Waals surface area (Å²) in [5, 5.41) is 9.52. The van der Waals surface area contributed by atoms with Gasteiger partial charge in [-0.25, -0.2) is 0 Å². The van der Waals surface area contributed by atoms with Crippen LogP contribution >= 0.6 is 0 Å². The Hall–Kier alpha value is -0.540. The van der Waals surface area contributed by atoms with E-state index in [2.05, 4.69) is 30.4 Å². The smallest absolute Gasteiger partial charge is 0.0881 e. The van der Waals surface area contributed by atoms with Crippen LogP contribution in [0.25, 0.3) is 0 Å². The largest absolute Gasteiger partial charge is 0.513 e. The van der Waals surface area contributed by atoms with E-state index in [0.29, 0.717) is 11.7 Å². The molecule has 1 N–H and O–H groups in total. The lowest BCUT2D eigenvalue weighted by molar-refractivity contribution is 0.151. The lowest BCUT2D eigenvalue weighted by atomic mass is 9.95. The summed E-state index contributed by atoms with van der Waals surface area (Å²) in [6, 6.07) is 0. The number of piperazine rings is 1. The van der Waals surface area contributed by atoms with E-state index in [1.54, 1.807) is 0 Å². The first-order chi connectivity index (χ1) is 9.13. The van der Waals surface area contributed by atoms with Crippen LogP contribution in [0.3, 0.4) is 0 Å². The number of allylic oxidation sites excluding steroid dienone is 1. The first kappa shape index (κ1) is 16.5. The maximum atomic E-state index is 9.52. The predicted octanol–water partition coefficient (Wildman–Crippen LogP) is 3.28. The second-order valence-corrected chi connectivity index (χ2v) is 5.97. The van der Waals surface area contributed by atoms with Gasteiger partial charge in [0, 0.05) is 32.1 Å². The zero-order valence-corrected chi connectivity index (χ0v) is 12.9. The van der Waals surface area contributed by atoms with Crippen molar-refractivity contribution in [1.29, 1.82) is 0 Å². The van der Waals surface area contributed by atoms with E-state index in [1.807, 2.05) is 0 Å². The molecular formula is C16H32N2O. The fourth-order valence-electron chi connectivity index (χ4n) is 2.80. The SMILES string of the molecule is C=C(O)[C@@H](CCC)CCCCCN1CCN(C)CC1. The maximum absolute atomic E-state index is 9.52. The van der Waals surface area contributed by atoms with Crippen molar-refractivity contribution in [2.45, 2.75) is 45.4 Å². The number of nitrogens with zero attached hydrogens (tertiary/aromatic N) is 2. The number of hydrogen-bond donors (Lipinski definition) is 1. The van der Waals surface area contributed by atoms with E-state index in [1.165, 1.54) is 52.0 Å². The van der Waals surface area contributed by atoms with E-state index >= 15 is 0 Å². The normalized spacial score (nSPS) is 19.5. The number of aliphatic hydroxyl groups is 1. The second-order valence-electron chi connectivity index (χ2n) is 5.97. The van der Waals surface area contributed by atoms with Crippen molar-refractivity contribution in [2.24, 2.45) is 5.92 Å². The molecule has 19 heavy (non-hydrogen) atoms. The highest BCUT2D eigenvalue weighted by atomic mass is 16.3. The topological polar surface area (TPSA) is 26.7 Å². The Morgan fingerprint density at radius 3 is 2.37 bits per heavy atom. The summed E-state index contributed by atoms with van der Waals surface area (Å²) in [4.78, 5) is 4.98. The molecule has 0 radical (unpaired) electrons. The molecule has 0 unspecified atom stereocenters. The van der Waals surface area contributed by atoms with E-state index in [9.17, 15) is 5.11 Å². The molecule has 0 spiro atoms. The van der Waals surface area contributed by atoms with Crippen molar-refractivity contribution in [2.75, 3.05) is 39.8 Å². The van der Waals surface area contributed by atoms with Crippen molar-refractivity contribution >= 4 is 0 Å². The Morgan fingerprint density at radius 1 is 1.11 bits per heavy atom. The van der Waals surface area contributed by atoms with Gasteiger partial charge in [-0.1, -0.05) is 32.8 Å². The summed E-state index contributed by atoms with van der Waals surface area (Å²) in [6.07, 6.45) is 7.10. The Bertz CT molecular complexity index is 247. The average Bonchev–Trinajstić information content (AvgIpc) is 2.39. The molecule has 0 amide bonds. The molecule has 1 aliphatic rings. The van der Waals surface area contributed by atoms with Crippen LogP contribution in [0.1, 0.15) is 45.4 Å². The third-order valence-electron chi connectivity index (χ3n) is 4.23. The number of aliphatic hydroxyl groups excluding tert-OH is 1. The molecule has 1 fully saturated rings. The van der Waals surface area contributed by atoms with E-state index in [0.717, 1.165) is 19.3 Å². The minimum Gasteiger partial charge on any atom is -0.513 e. The van der Waals surface area contributed by atoms with Crippen molar-refractivity contribution in [3.63, 3.8) is 0 Å². The summed E-state index contributed by atoms with van der Waals surface area (Å²) in [5.74, 6) is 0.717. The first-order valence-corrected chi connectivity index (χ1v) is 7.92. The van der Waals surface area contributed by atoms with Crippen LogP contribution in [0.2, 0.25) is 0 Å². The first-order valence-electron chi connectivity index (χ1n) is 7.92. The Labute approximate surface area is 119 Å². The summed E-state index contributed by atoms with van der Waals surface area (Å²) in [7, 11) is 2.20. The van der Waals surface area contributed by atoms with E-state index < -0.39 is 0 Å². The Balaban J connectivity index is 2.02. The van der Waals surface area contributed by atoms with Crippen molar-refractivity contribution in [3.05, 3.63) is 12.3 Å². The minimum atomic E-state index is 0.327. The Kier molecular flexibility index (Phi) is 8.15. The second kappa shape index (κ2) is 9.38. The maximum Gasteiger partial charge on any atom is 0.0881 e. The van der Waals surface area contributed by atoms with Gasteiger partial charge >= 0.3 is 0 Å². The highest BCUT2D eigenvalue weighted by Gasteiger charge is 2.13. The van der Waals surface area contributed by atoms with Gasteiger partial charge in [-0.15, -0.1) is 0 Å². The third kappa shape index (κ3) is 6.98. The predicted molar refractivity (Wildman–Crippen MR) is 82.6 cm³/mol. The molecule has 1 heterocycles. The lowest BCUT2D eigenvalue weighted by Gasteiger charge is -2.32. The molecule has 1 saturated heterocycles. The summed E-state index contributed by atoms with van der Waals surface area (Å²) in [5.41, 5.74) is 0. The molecule has 1 rings (SSSR count). The zero-order valence-electron chi connectivity index (χ0n) is 12.9. The van der Waals surface area contributed by atoms with Gasteiger partial charge < -0.3 is 14.9 Å². The number of hydrogen-bond acceptors (Lipinski definition) is 3. The van der Waals surface area contributed by atoms with Gasteiger partial charge in [0.15, 0.2) is 0 Å². The zero-order chi connectivity index (χ0) is 14.1. The van der Waals surface area contributed by atoms with E-state index in [4.69, 9.17) is 0 Å². The van der Waals surface area contributed by atoms with Crippen LogP contribution < -0.4 is 0 Å². The third-order valence-corrected chi connectivity index (χ3v) is 4.23. The summed E-state index contributed by atoms with van der Waals surface area (Å²) in [6.45, 7) is 12.0. The van der Waals surface area contributed by atoms with Gasteiger partial charge in [-0.05, 0) is 32.9 Å². The van der Waals surface area contributed by atoms with Gasteiger partial charge in [-0.2, -0.15) is 0 Å². The van der Waals surface area contributed by atoms with Crippen LogP contribution in [0.15, 0.2) is 12.3 Å². The molecule has 1 atom stereocenters. The highest BCUT2D eigenvalue weighted by molar-refractivity contribution is 4.88. The quantitative estimate of drug-likeness (QED) is 0.513. The van der Waals surface area contributed by atoms with Gasteiger partial charge in [0.25, 0.3) is 0 Å². The van der Waals surface area contributed by atoms with Crippen LogP contribution in [0, 0.1) is 5.92 Å². The van der Waals surface area contributed by atoms with E-state index in [-0.39, 0.29) is 0 Å². The van der Waals surface area contributed by atoms with Crippen LogP contribution in [0.5, 0.6) is 0 Å². The molecule has 1 aliphatic heterocycles. The van der Waals surface area contributed by atoms with Crippen LogP contribution in [0.4, 0.5) is 0 Å². The molecule has 0 aromatic rings.